The summed E-state index contributed by atoms with van der Waals surface area (Å²) in [6, 6.07) is 7.36. The molecule has 118 valence electrons. The van der Waals surface area contributed by atoms with Gasteiger partial charge >= 0.3 is 0 Å². The fourth-order valence-electron chi connectivity index (χ4n) is 2.80. The zero-order chi connectivity index (χ0) is 15.4. The second-order valence-electron chi connectivity index (χ2n) is 5.57. The van der Waals surface area contributed by atoms with E-state index in [4.69, 9.17) is 16.3 Å². The lowest BCUT2D eigenvalue weighted by atomic mass is 9.90. The highest BCUT2D eigenvalue weighted by atomic mass is 35.5. The van der Waals surface area contributed by atoms with Crippen molar-refractivity contribution < 1.29 is 9.84 Å². The van der Waals surface area contributed by atoms with Gasteiger partial charge in [0.05, 0.1) is 6.20 Å². The minimum Gasteiger partial charge on any atom is -0.492 e. The molecule has 6 nitrogen and oxygen atoms in total. The van der Waals surface area contributed by atoms with E-state index in [1.165, 1.54) is 0 Å². The number of halogens is 1. The molecule has 1 atom stereocenters. The number of H-pyrrole nitrogens is 1. The average molecular weight is 323 g/mol. The van der Waals surface area contributed by atoms with Crippen molar-refractivity contribution in [3.05, 3.63) is 41.2 Å². The van der Waals surface area contributed by atoms with Gasteiger partial charge in [0.1, 0.15) is 23.7 Å². The summed E-state index contributed by atoms with van der Waals surface area (Å²) >= 11 is 5.93. The van der Waals surface area contributed by atoms with E-state index in [0.717, 1.165) is 25.3 Å². The standard InChI is InChI=1S/C15H19ClN4O2/c16-12-3-1-4-13(9-12)22-8-7-20-6-2-5-15(21,11-20)14-10-17-19-18-14/h1,3-4,9-10,21H,2,5-8,11H2,(H,17,18,19)/t15-/m0/s1. The number of likely N-dealkylation sites (tertiary alicyclic amines) is 1. The van der Waals surface area contributed by atoms with E-state index in [9.17, 15) is 5.11 Å². The summed E-state index contributed by atoms with van der Waals surface area (Å²) in [6.07, 6.45) is 3.21. The number of aromatic nitrogens is 3. The first-order valence-electron chi connectivity index (χ1n) is 7.35. The SMILES string of the molecule is O[C@@]1(c2cn[nH]n2)CCCN(CCOc2cccc(Cl)c2)C1. The minimum atomic E-state index is -0.929. The molecule has 2 N–H and O–H groups in total. The maximum absolute atomic E-state index is 10.7. The van der Waals surface area contributed by atoms with Crippen LogP contribution in [-0.2, 0) is 5.60 Å². The summed E-state index contributed by atoms with van der Waals surface area (Å²) in [7, 11) is 0. The van der Waals surface area contributed by atoms with Crippen LogP contribution in [0.4, 0.5) is 0 Å². The molecule has 0 spiro atoms. The Labute approximate surface area is 134 Å². The highest BCUT2D eigenvalue weighted by Gasteiger charge is 2.36. The van der Waals surface area contributed by atoms with Crippen molar-refractivity contribution in [3.8, 4) is 5.75 Å². The summed E-state index contributed by atoms with van der Waals surface area (Å²) in [5.41, 5.74) is -0.325. The van der Waals surface area contributed by atoms with Gasteiger partial charge in [-0.2, -0.15) is 15.4 Å². The van der Waals surface area contributed by atoms with Gasteiger partial charge in [0.15, 0.2) is 0 Å². The Kier molecular flexibility index (Phi) is 4.61. The Morgan fingerprint density at radius 3 is 3.14 bits per heavy atom. The summed E-state index contributed by atoms with van der Waals surface area (Å²) in [4.78, 5) is 2.18. The first-order chi connectivity index (χ1) is 10.7. The predicted molar refractivity (Wildman–Crippen MR) is 82.9 cm³/mol. The Balaban J connectivity index is 1.53. The van der Waals surface area contributed by atoms with Crippen LogP contribution in [0.5, 0.6) is 5.75 Å². The van der Waals surface area contributed by atoms with Crippen LogP contribution in [0.25, 0.3) is 0 Å². The van der Waals surface area contributed by atoms with Crippen LogP contribution in [0.15, 0.2) is 30.5 Å². The van der Waals surface area contributed by atoms with Gasteiger partial charge in [-0.3, -0.25) is 4.90 Å². The normalized spacial score (nSPS) is 22.6. The Morgan fingerprint density at radius 2 is 2.36 bits per heavy atom. The van der Waals surface area contributed by atoms with Crippen LogP contribution >= 0.6 is 11.6 Å². The molecule has 1 fully saturated rings. The third-order valence-electron chi connectivity index (χ3n) is 3.91. The number of aliphatic hydroxyl groups is 1. The highest BCUT2D eigenvalue weighted by Crippen LogP contribution is 2.29. The molecule has 1 aromatic heterocycles. The van der Waals surface area contributed by atoms with Gasteiger partial charge in [0, 0.05) is 18.1 Å². The number of aromatic amines is 1. The van der Waals surface area contributed by atoms with Crippen LogP contribution in [0.3, 0.4) is 0 Å². The number of hydrogen-bond acceptors (Lipinski definition) is 5. The van der Waals surface area contributed by atoms with Crippen LogP contribution in [0.2, 0.25) is 5.02 Å². The molecule has 1 aliphatic rings. The van der Waals surface area contributed by atoms with Gasteiger partial charge in [0.25, 0.3) is 0 Å². The smallest absolute Gasteiger partial charge is 0.123 e. The molecular weight excluding hydrogens is 304 g/mol. The van der Waals surface area contributed by atoms with Crippen LogP contribution in [0.1, 0.15) is 18.5 Å². The van der Waals surface area contributed by atoms with Crippen molar-refractivity contribution in [2.24, 2.45) is 0 Å². The molecule has 2 heterocycles. The number of β-amino-alcohol motifs (C(OH)–C–C–N with tert-alkyl or cyclic N) is 1. The van der Waals surface area contributed by atoms with Gasteiger partial charge in [-0.15, -0.1) is 0 Å². The van der Waals surface area contributed by atoms with E-state index < -0.39 is 5.60 Å². The van der Waals surface area contributed by atoms with Crippen molar-refractivity contribution in [1.29, 1.82) is 0 Å². The highest BCUT2D eigenvalue weighted by molar-refractivity contribution is 6.30. The molecule has 0 aliphatic carbocycles. The lowest BCUT2D eigenvalue weighted by Crippen LogP contribution is -2.47. The second-order valence-corrected chi connectivity index (χ2v) is 6.01. The van der Waals surface area contributed by atoms with Gasteiger partial charge in [-0.1, -0.05) is 17.7 Å². The third kappa shape index (κ3) is 3.58. The molecule has 1 saturated heterocycles. The van der Waals surface area contributed by atoms with E-state index in [0.29, 0.717) is 30.3 Å². The molecule has 7 heteroatoms. The number of benzene rings is 1. The summed E-state index contributed by atoms with van der Waals surface area (Å²) in [5, 5.41) is 21.8. The van der Waals surface area contributed by atoms with Crippen molar-refractivity contribution in [3.63, 3.8) is 0 Å². The molecular formula is C15H19ClN4O2. The van der Waals surface area contributed by atoms with Gasteiger partial charge < -0.3 is 9.84 Å². The van der Waals surface area contributed by atoms with E-state index >= 15 is 0 Å². The van der Waals surface area contributed by atoms with Gasteiger partial charge in [-0.25, -0.2) is 0 Å². The summed E-state index contributed by atoms with van der Waals surface area (Å²) in [6.45, 7) is 2.78. The van der Waals surface area contributed by atoms with E-state index in [2.05, 4.69) is 20.3 Å². The molecule has 1 aliphatic heterocycles. The minimum absolute atomic E-state index is 0.540. The molecule has 1 aromatic carbocycles. The maximum Gasteiger partial charge on any atom is 0.123 e. The van der Waals surface area contributed by atoms with Crippen molar-refractivity contribution in [2.75, 3.05) is 26.2 Å². The first-order valence-corrected chi connectivity index (χ1v) is 7.73. The summed E-state index contributed by atoms with van der Waals surface area (Å²) < 4.78 is 5.71. The van der Waals surface area contributed by atoms with Crippen LogP contribution < -0.4 is 4.74 Å². The lowest BCUT2D eigenvalue weighted by Gasteiger charge is -2.37. The largest absolute Gasteiger partial charge is 0.492 e. The van der Waals surface area contributed by atoms with Crippen molar-refractivity contribution in [1.82, 2.24) is 20.3 Å². The quantitative estimate of drug-likeness (QED) is 0.878. The predicted octanol–water partition coefficient (Wildman–Crippen LogP) is 1.82. The molecule has 0 amide bonds. The van der Waals surface area contributed by atoms with Gasteiger partial charge in [-0.05, 0) is 37.6 Å². The third-order valence-corrected chi connectivity index (χ3v) is 4.15. The topological polar surface area (TPSA) is 74.3 Å². The Bertz CT molecular complexity index is 607. The fraction of sp³-hybridized carbons (Fsp3) is 0.467. The first kappa shape index (κ1) is 15.3. The molecule has 3 rings (SSSR count). The average Bonchev–Trinajstić information content (AvgIpc) is 3.02. The fourth-order valence-corrected chi connectivity index (χ4v) is 2.98. The van der Waals surface area contributed by atoms with Crippen molar-refractivity contribution in [2.45, 2.75) is 18.4 Å². The summed E-state index contributed by atoms with van der Waals surface area (Å²) in [5.74, 6) is 0.760. The Morgan fingerprint density at radius 1 is 1.45 bits per heavy atom. The number of hydrogen-bond donors (Lipinski definition) is 2. The van der Waals surface area contributed by atoms with E-state index in [1.54, 1.807) is 12.3 Å². The maximum atomic E-state index is 10.7. The molecule has 0 unspecified atom stereocenters. The number of ether oxygens (including phenoxy) is 1. The molecule has 0 radical (unpaired) electrons. The van der Waals surface area contributed by atoms with Gasteiger partial charge in [0.2, 0.25) is 0 Å². The Hall–Kier alpha value is -1.63. The molecule has 0 bridgehead atoms. The number of nitrogens with zero attached hydrogens (tertiary/aromatic N) is 3. The van der Waals surface area contributed by atoms with Crippen LogP contribution in [0, 0.1) is 0 Å². The molecule has 0 saturated carbocycles. The number of nitrogens with one attached hydrogen (secondary N) is 1. The zero-order valence-corrected chi connectivity index (χ0v) is 13.0. The van der Waals surface area contributed by atoms with E-state index in [1.807, 2.05) is 18.2 Å². The zero-order valence-electron chi connectivity index (χ0n) is 12.2. The molecule has 2 aromatic rings. The number of rotatable bonds is 5. The van der Waals surface area contributed by atoms with Crippen LogP contribution in [-0.4, -0.2) is 51.7 Å². The van der Waals surface area contributed by atoms with Crippen molar-refractivity contribution >= 4 is 11.6 Å². The monoisotopic (exact) mass is 322 g/mol. The number of piperidine rings is 1. The van der Waals surface area contributed by atoms with E-state index in [-0.39, 0.29) is 0 Å². The lowest BCUT2D eigenvalue weighted by molar-refractivity contribution is -0.0412. The second kappa shape index (κ2) is 6.64. The molecule has 22 heavy (non-hydrogen) atoms.